The summed E-state index contributed by atoms with van der Waals surface area (Å²) < 4.78 is 5.83. The molecular weight excluding hydrogens is 444 g/mol. The fraction of sp³-hybridized carbons (Fsp3) is 0.565. The van der Waals surface area contributed by atoms with Gasteiger partial charge in [0.05, 0.1) is 11.5 Å². The Bertz CT molecular complexity index is 886. The summed E-state index contributed by atoms with van der Waals surface area (Å²) in [6.45, 7) is 10.4. The Kier molecular flexibility index (Phi) is 9.65. The Morgan fingerprint density at radius 3 is 2.55 bits per heavy atom. The van der Waals surface area contributed by atoms with Gasteiger partial charge in [-0.05, 0) is 62.5 Å². The van der Waals surface area contributed by atoms with E-state index < -0.39 is 4.92 Å². The Hall–Kier alpha value is -2.49. The molecule has 33 heavy (non-hydrogen) atoms. The minimum absolute atomic E-state index is 0.0742. The highest BCUT2D eigenvalue weighted by atomic mass is 35.5. The van der Waals surface area contributed by atoms with E-state index in [2.05, 4.69) is 34.0 Å². The number of hydrogen-bond donors (Lipinski definition) is 1. The molecule has 1 N–H and O–H groups in total. The number of nitro groups is 1. The van der Waals surface area contributed by atoms with E-state index in [1.165, 1.54) is 6.20 Å². The van der Waals surface area contributed by atoms with E-state index in [-0.39, 0.29) is 5.69 Å². The van der Waals surface area contributed by atoms with Gasteiger partial charge in [0.1, 0.15) is 6.20 Å². The third kappa shape index (κ3) is 7.52. The van der Waals surface area contributed by atoms with Gasteiger partial charge in [0.2, 0.25) is 11.8 Å². The molecule has 1 aliphatic rings. The van der Waals surface area contributed by atoms with Crippen LogP contribution in [0.4, 0.5) is 23.1 Å². The van der Waals surface area contributed by atoms with E-state index in [1.54, 1.807) is 12.1 Å². The molecule has 10 heteroatoms. The van der Waals surface area contributed by atoms with Crippen LogP contribution in [-0.4, -0.2) is 65.7 Å². The van der Waals surface area contributed by atoms with E-state index in [1.807, 2.05) is 17.0 Å². The zero-order valence-corrected chi connectivity index (χ0v) is 20.1. The van der Waals surface area contributed by atoms with Crippen molar-refractivity contribution in [3.8, 4) is 0 Å². The predicted octanol–water partition coefficient (Wildman–Crippen LogP) is 4.75. The molecule has 0 bridgehead atoms. The van der Waals surface area contributed by atoms with E-state index in [0.29, 0.717) is 22.7 Å². The van der Waals surface area contributed by atoms with Crippen molar-refractivity contribution in [2.24, 2.45) is 5.92 Å². The van der Waals surface area contributed by atoms with Crippen molar-refractivity contribution in [1.29, 1.82) is 0 Å². The zero-order chi connectivity index (χ0) is 23.6. The lowest BCUT2D eigenvalue weighted by atomic mass is 9.94. The number of aromatic nitrogens is 2. The van der Waals surface area contributed by atoms with Gasteiger partial charge >= 0.3 is 5.69 Å². The van der Waals surface area contributed by atoms with Crippen molar-refractivity contribution >= 4 is 34.7 Å². The number of halogens is 1. The topological polar surface area (TPSA) is 96.7 Å². The van der Waals surface area contributed by atoms with Gasteiger partial charge in [-0.25, -0.2) is 4.98 Å². The maximum Gasteiger partial charge on any atom is 0.329 e. The Morgan fingerprint density at radius 1 is 1.21 bits per heavy atom. The van der Waals surface area contributed by atoms with Crippen molar-refractivity contribution in [1.82, 2.24) is 14.9 Å². The third-order valence-corrected chi connectivity index (χ3v) is 6.33. The Morgan fingerprint density at radius 2 is 1.91 bits per heavy atom. The fourth-order valence-electron chi connectivity index (χ4n) is 3.97. The van der Waals surface area contributed by atoms with Crippen LogP contribution in [0, 0.1) is 16.0 Å². The lowest BCUT2D eigenvalue weighted by Crippen LogP contribution is -2.35. The van der Waals surface area contributed by atoms with Crippen LogP contribution in [0.3, 0.4) is 0 Å². The first-order valence-corrected chi connectivity index (χ1v) is 12.0. The first-order chi connectivity index (χ1) is 16.0. The molecule has 0 aliphatic carbocycles. The molecule has 0 saturated carbocycles. The summed E-state index contributed by atoms with van der Waals surface area (Å²) in [6.07, 6.45) is 4.21. The van der Waals surface area contributed by atoms with Crippen molar-refractivity contribution in [3.05, 3.63) is 45.6 Å². The highest BCUT2D eigenvalue weighted by Crippen LogP contribution is 2.31. The normalized spacial score (nSPS) is 14.6. The summed E-state index contributed by atoms with van der Waals surface area (Å²) >= 11 is 5.93. The SMILES string of the molecule is CCN(CC)CCOCCC1CCN(c2nc(Nc3ccc(Cl)cc3)ncc2[N+](=O)[O-])CC1. The standard InChI is InChI=1S/C23H33ClN6O3/c1-3-28(4-2)14-16-33-15-11-18-9-12-29(13-10-18)22-21(30(31)32)17-25-23(27-22)26-20-7-5-19(24)6-8-20/h5-8,17-18H,3-4,9-16H2,1-2H3,(H,25,26,27). The number of nitrogens with zero attached hydrogens (tertiary/aromatic N) is 5. The van der Waals surface area contributed by atoms with E-state index in [9.17, 15) is 10.1 Å². The average Bonchev–Trinajstić information content (AvgIpc) is 2.83. The summed E-state index contributed by atoms with van der Waals surface area (Å²) in [4.78, 5) is 24.1. The maximum absolute atomic E-state index is 11.6. The highest BCUT2D eigenvalue weighted by Gasteiger charge is 2.27. The number of rotatable bonds is 12. The molecule has 1 aliphatic heterocycles. The number of likely N-dealkylation sites (N-methyl/N-ethyl adjacent to an activating group) is 1. The van der Waals surface area contributed by atoms with Crippen LogP contribution in [0.15, 0.2) is 30.5 Å². The summed E-state index contributed by atoms with van der Waals surface area (Å²) in [5.41, 5.74) is 0.689. The average molecular weight is 477 g/mol. The first kappa shape index (κ1) is 25.1. The monoisotopic (exact) mass is 476 g/mol. The molecule has 1 aromatic carbocycles. The zero-order valence-electron chi connectivity index (χ0n) is 19.4. The molecular formula is C23H33ClN6O3. The Labute approximate surface area is 200 Å². The molecule has 1 aromatic heterocycles. The number of benzene rings is 1. The van der Waals surface area contributed by atoms with Gasteiger partial charge in [-0.3, -0.25) is 10.1 Å². The van der Waals surface area contributed by atoms with E-state index >= 15 is 0 Å². The third-order valence-electron chi connectivity index (χ3n) is 6.08. The molecule has 9 nitrogen and oxygen atoms in total. The molecule has 1 saturated heterocycles. The largest absolute Gasteiger partial charge is 0.380 e. The summed E-state index contributed by atoms with van der Waals surface area (Å²) in [6, 6.07) is 7.13. The molecule has 0 unspecified atom stereocenters. The van der Waals surface area contributed by atoms with Gasteiger partial charge in [0.15, 0.2) is 0 Å². The molecule has 0 atom stereocenters. The van der Waals surface area contributed by atoms with Gasteiger partial charge < -0.3 is 19.9 Å². The molecule has 0 radical (unpaired) electrons. The summed E-state index contributed by atoms with van der Waals surface area (Å²) in [5.74, 6) is 1.24. The highest BCUT2D eigenvalue weighted by molar-refractivity contribution is 6.30. The van der Waals surface area contributed by atoms with Gasteiger partial charge in [0, 0.05) is 37.0 Å². The van der Waals surface area contributed by atoms with Crippen LogP contribution in [0.5, 0.6) is 0 Å². The van der Waals surface area contributed by atoms with Crippen LogP contribution in [-0.2, 0) is 4.74 Å². The second-order valence-electron chi connectivity index (χ2n) is 8.15. The van der Waals surface area contributed by atoms with Crippen molar-refractivity contribution in [3.63, 3.8) is 0 Å². The second kappa shape index (κ2) is 12.7. The quantitative estimate of drug-likeness (QED) is 0.266. The number of ether oxygens (including phenoxy) is 1. The second-order valence-corrected chi connectivity index (χ2v) is 8.59. The van der Waals surface area contributed by atoms with Gasteiger partial charge in [-0.2, -0.15) is 4.98 Å². The van der Waals surface area contributed by atoms with Gasteiger partial charge in [-0.15, -0.1) is 0 Å². The number of piperidine rings is 1. The van der Waals surface area contributed by atoms with Crippen LogP contribution >= 0.6 is 11.6 Å². The smallest absolute Gasteiger partial charge is 0.329 e. The lowest BCUT2D eigenvalue weighted by Gasteiger charge is -2.32. The van der Waals surface area contributed by atoms with Crippen LogP contribution in [0.2, 0.25) is 5.02 Å². The van der Waals surface area contributed by atoms with Crippen LogP contribution in [0.1, 0.15) is 33.1 Å². The Balaban J connectivity index is 1.53. The van der Waals surface area contributed by atoms with Crippen molar-refractivity contribution < 1.29 is 9.66 Å². The number of hydrogen-bond acceptors (Lipinski definition) is 8. The number of anilines is 3. The summed E-state index contributed by atoms with van der Waals surface area (Å²) in [7, 11) is 0. The first-order valence-electron chi connectivity index (χ1n) is 11.6. The maximum atomic E-state index is 11.6. The molecule has 2 heterocycles. The minimum atomic E-state index is -0.419. The van der Waals surface area contributed by atoms with Crippen LogP contribution < -0.4 is 10.2 Å². The molecule has 2 aromatic rings. The number of nitrogens with one attached hydrogen (secondary N) is 1. The van der Waals surface area contributed by atoms with E-state index in [0.717, 1.165) is 70.9 Å². The van der Waals surface area contributed by atoms with Crippen molar-refractivity contribution in [2.75, 3.05) is 56.2 Å². The fourth-order valence-corrected chi connectivity index (χ4v) is 4.10. The molecule has 0 amide bonds. The van der Waals surface area contributed by atoms with Crippen LogP contribution in [0.25, 0.3) is 0 Å². The molecule has 3 rings (SSSR count). The van der Waals surface area contributed by atoms with E-state index in [4.69, 9.17) is 16.3 Å². The minimum Gasteiger partial charge on any atom is -0.380 e. The van der Waals surface area contributed by atoms with Gasteiger partial charge in [-0.1, -0.05) is 25.4 Å². The van der Waals surface area contributed by atoms with Gasteiger partial charge in [0.25, 0.3) is 0 Å². The predicted molar refractivity (Wildman–Crippen MR) is 132 cm³/mol. The molecule has 180 valence electrons. The van der Waals surface area contributed by atoms with Crippen molar-refractivity contribution in [2.45, 2.75) is 33.1 Å². The lowest BCUT2D eigenvalue weighted by molar-refractivity contribution is -0.384. The summed E-state index contributed by atoms with van der Waals surface area (Å²) in [5, 5.41) is 15.3. The molecule has 1 fully saturated rings. The molecule has 0 spiro atoms.